The molecule has 0 radical (unpaired) electrons. The summed E-state index contributed by atoms with van der Waals surface area (Å²) >= 11 is 0. The second kappa shape index (κ2) is 7.33. The van der Waals surface area contributed by atoms with Gasteiger partial charge < -0.3 is 20.4 Å². The summed E-state index contributed by atoms with van der Waals surface area (Å²) in [6.07, 6.45) is 1.67. The van der Waals surface area contributed by atoms with E-state index in [2.05, 4.69) is 19.2 Å². The van der Waals surface area contributed by atoms with Crippen LogP contribution in [-0.2, 0) is 4.79 Å². The first-order valence-electron chi connectivity index (χ1n) is 6.87. The van der Waals surface area contributed by atoms with Gasteiger partial charge in [0.25, 0.3) is 0 Å². The van der Waals surface area contributed by atoms with Crippen LogP contribution < -0.4 is 5.32 Å². The van der Waals surface area contributed by atoms with Gasteiger partial charge in [-0.25, -0.2) is 9.59 Å². The first-order chi connectivity index (χ1) is 8.91. The van der Waals surface area contributed by atoms with E-state index in [0.29, 0.717) is 12.0 Å². The van der Waals surface area contributed by atoms with Crippen LogP contribution in [0, 0.1) is 5.92 Å². The summed E-state index contributed by atoms with van der Waals surface area (Å²) in [4.78, 5) is 24.2. The van der Waals surface area contributed by atoms with Gasteiger partial charge >= 0.3 is 12.0 Å². The SMILES string of the molecule is CC(C)CCN(C(=O)NCCC(O)C(=O)O)C1CC1. The molecule has 3 N–H and O–H groups in total. The number of amides is 2. The summed E-state index contributed by atoms with van der Waals surface area (Å²) in [5, 5.41) is 20.3. The highest BCUT2D eigenvalue weighted by Gasteiger charge is 2.32. The number of carboxylic acid groups (broad SMARTS) is 1. The van der Waals surface area contributed by atoms with E-state index in [-0.39, 0.29) is 19.0 Å². The average Bonchev–Trinajstić information content (AvgIpc) is 3.13. The number of carbonyl (C=O) groups excluding carboxylic acids is 1. The molecule has 2 amide bonds. The highest BCUT2D eigenvalue weighted by molar-refractivity contribution is 5.75. The topological polar surface area (TPSA) is 89.9 Å². The maximum atomic E-state index is 12.0. The maximum Gasteiger partial charge on any atom is 0.332 e. The van der Waals surface area contributed by atoms with Gasteiger partial charge in [0.1, 0.15) is 0 Å². The average molecular weight is 272 g/mol. The fraction of sp³-hybridized carbons (Fsp3) is 0.846. The van der Waals surface area contributed by atoms with Crippen molar-refractivity contribution in [1.29, 1.82) is 0 Å². The van der Waals surface area contributed by atoms with Gasteiger partial charge in [0.2, 0.25) is 0 Å². The largest absolute Gasteiger partial charge is 0.479 e. The van der Waals surface area contributed by atoms with E-state index in [0.717, 1.165) is 25.8 Å². The maximum absolute atomic E-state index is 12.0. The Bertz CT molecular complexity index is 316. The standard InChI is InChI=1S/C13H24N2O4/c1-9(2)6-8-15(10-3-4-10)13(19)14-7-5-11(16)12(17)18/h9-11,16H,3-8H2,1-2H3,(H,14,19)(H,17,18). The number of rotatable bonds is 8. The molecule has 1 aliphatic rings. The molecule has 110 valence electrons. The molecule has 0 heterocycles. The second-order valence-corrected chi connectivity index (χ2v) is 5.48. The number of carboxylic acids is 1. The molecule has 0 saturated heterocycles. The van der Waals surface area contributed by atoms with Crippen molar-refractivity contribution in [2.45, 2.75) is 51.7 Å². The Hall–Kier alpha value is -1.30. The molecule has 0 aromatic rings. The van der Waals surface area contributed by atoms with E-state index in [1.807, 2.05) is 4.90 Å². The molecule has 0 aromatic carbocycles. The minimum Gasteiger partial charge on any atom is -0.479 e. The minimum atomic E-state index is -1.41. The molecular weight excluding hydrogens is 248 g/mol. The van der Waals surface area contributed by atoms with Crippen LogP contribution in [0.25, 0.3) is 0 Å². The zero-order valence-corrected chi connectivity index (χ0v) is 11.6. The molecule has 6 nitrogen and oxygen atoms in total. The zero-order valence-electron chi connectivity index (χ0n) is 11.6. The van der Waals surface area contributed by atoms with Crippen molar-refractivity contribution < 1.29 is 19.8 Å². The molecule has 1 unspecified atom stereocenters. The summed E-state index contributed by atoms with van der Waals surface area (Å²) in [6.45, 7) is 5.14. The van der Waals surface area contributed by atoms with Gasteiger partial charge in [-0.3, -0.25) is 0 Å². The Kier molecular flexibility index (Phi) is 6.08. The third kappa shape index (κ3) is 5.92. The van der Waals surface area contributed by atoms with E-state index < -0.39 is 12.1 Å². The van der Waals surface area contributed by atoms with Crippen molar-refractivity contribution in [3.63, 3.8) is 0 Å². The zero-order chi connectivity index (χ0) is 14.4. The number of aliphatic hydroxyl groups excluding tert-OH is 1. The predicted molar refractivity (Wildman–Crippen MR) is 70.8 cm³/mol. The van der Waals surface area contributed by atoms with Gasteiger partial charge in [-0.2, -0.15) is 0 Å². The van der Waals surface area contributed by atoms with Crippen molar-refractivity contribution in [3.8, 4) is 0 Å². The summed E-state index contributed by atoms with van der Waals surface area (Å²) in [6, 6.07) is 0.184. The minimum absolute atomic E-state index is 0.0315. The molecule has 0 bridgehead atoms. The smallest absolute Gasteiger partial charge is 0.332 e. The van der Waals surface area contributed by atoms with Crippen LogP contribution in [0.5, 0.6) is 0 Å². The van der Waals surface area contributed by atoms with E-state index in [4.69, 9.17) is 10.2 Å². The van der Waals surface area contributed by atoms with Crippen LogP contribution in [0.3, 0.4) is 0 Å². The highest BCUT2D eigenvalue weighted by Crippen LogP contribution is 2.27. The van der Waals surface area contributed by atoms with Gasteiger partial charge in [-0.15, -0.1) is 0 Å². The normalized spacial score (nSPS) is 16.2. The Morgan fingerprint density at radius 2 is 1.95 bits per heavy atom. The molecule has 1 fully saturated rings. The van der Waals surface area contributed by atoms with Crippen LogP contribution in [0.1, 0.15) is 39.5 Å². The van der Waals surface area contributed by atoms with Gasteiger partial charge in [0.15, 0.2) is 6.10 Å². The van der Waals surface area contributed by atoms with Gasteiger partial charge in [-0.1, -0.05) is 13.8 Å². The monoisotopic (exact) mass is 272 g/mol. The summed E-state index contributed by atoms with van der Waals surface area (Å²) < 4.78 is 0. The fourth-order valence-corrected chi connectivity index (χ4v) is 1.77. The summed E-state index contributed by atoms with van der Waals surface area (Å²) in [5.74, 6) is -0.712. The lowest BCUT2D eigenvalue weighted by Gasteiger charge is -2.23. The molecule has 1 saturated carbocycles. The van der Waals surface area contributed by atoms with Gasteiger partial charge in [0.05, 0.1) is 0 Å². The first-order valence-corrected chi connectivity index (χ1v) is 6.87. The lowest BCUT2D eigenvalue weighted by atomic mass is 10.1. The van der Waals surface area contributed by atoms with Crippen LogP contribution >= 0.6 is 0 Å². The van der Waals surface area contributed by atoms with Crippen molar-refractivity contribution in [2.24, 2.45) is 5.92 Å². The quantitative estimate of drug-likeness (QED) is 0.616. The molecule has 6 heteroatoms. The predicted octanol–water partition coefficient (Wildman–Crippen LogP) is 1.04. The lowest BCUT2D eigenvalue weighted by Crippen LogP contribution is -2.43. The Labute approximate surface area is 113 Å². The second-order valence-electron chi connectivity index (χ2n) is 5.48. The molecule has 19 heavy (non-hydrogen) atoms. The lowest BCUT2D eigenvalue weighted by molar-refractivity contribution is -0.146. The number of hydrogen-bond donors (Lipinski definition) is 3. The molecule has 1 rings (SSSR count). The van der Waals surface area contributed by atoms with Crippen molar-refractivity contribution >= 4 is 12.0 Å². The van der Waals surface area contributed by atoms with Crippen LogP contribution in [0.2, 0.25) is 0 Å². The number of nitrogens with zero attached hydrogens (tertiary/aromatic N) is 1. The molecule has 1 atom stereocenters. The molecule has 1 aliphatic carbocycles. The van der Waals surface area contributed by atoms with E-state index in [1.165, 1.54) is 0 Å². The summed E-state index contributed by atoms with van der Waals surface area (Å²) in [5.41, 5.74) is 0. The van der Waals surface area contributed by atoms with Crippen molar-refractivity contribution in [3.05, 3.63) is 0 Å². The summed E-state index contributed by atoms with van der Waals surface area (Å²) in [7, 11) is 0. The van der Waals surface area contributed by atoms with Gasteiger partial charge in [0, 0.05) is 25.6 Å². The number of aliphatic hydroxyl groups is 1. The number of carbonyl (C=O) groups is 2. The van der Waals surface area contributed by atoms with Crippen LogP contribution in [0.15, 0.2) is 0 Å². The number of hydrogen-bond acceptors (Lipinski definition) is 3. The third-order valence-electron chi connectivity index (χ3n) is 3.17. The van der Waals surface area contributed by atoms with Crippen LogP contribution in [-0.4, -0.2) is 52.3 Å². The molecular formula is C13H24N2O4. The fourth-order valence-electron chi connectivity index (χ4n) is 1.77. The third-order valence-corrected chi connectivity index (χ3v) is 3.17. The van der Waals surface area contributed by atoms with Crippen LogP contribution in [0.4, 0.5) is 4.79 Å². The first kappa shape index (κ1) is 15.8. The number of aliphatic carboxylic acids is 1. The van der Waals surface area contributed by atoms with Gasteiger partial charge in [-0.05, 0) is 25.2 Å². The molecule has 0 aromatic heterocycles. The van der Waals surface area contributed by atoms with E-state index >= 15 is 0 Å². The van der Waals surface area contributed by atoms with Crippen molar-refractivity contribution in [1.82, 2.24) is 10.2 Å². The molecule has 0 aliphatic heterocycles. The van der Waals surface area contributed by atoms with E-state index in [9.17, 15) is 9.59 Å². The number of urea groups is 1. The van der Waals surface area contributed by atoms with Crippen molar-refractivity contribution in [2.75, 3.05) is 13.1 Å². The van der Waals surface area contributed by atoms with E-state index in [1.54, 1.807) is 0 Å². The Morgan fingerprint density at radius 3 is 2.42 bits per heavy atom. The Morgan fingerprint density at radius 1 is 1.32 bits per heavy atom. The molecule has 0 spiro atoms. The highest BCUT2D eigenvalue weighted by atomic mass is 16.4. The number of nitrogens with one attached hydrogen (secondary N) is 1. The Balaban J connectivity index is 2.30.